The Morgan fingerprint density at radius 2 is 2.05 bits per heavy atom. The Kier molecular flexibility index (Phi) is 8.05. The van der Waals surface area contributed by atoms with Crippen molar-refractivity contribution in [3.63, 3.8) is 0 Å². The number of nitrogens with two attached hydrogens (primary N) is 1. The van der Waals surface area contributed by atoms with Gasteiger partial charge in [0.1, 0.15) is 29.4 Å². The van der Waals surface area contributed by atoms with Gasteiger partial charge in [-0.05, 0) is 6.42 Å². The number of oxime groups is 1. The molecule has 0 aromatic carbocycles. The fourth-order valence-electron chi connectivity index (χ4n) is 3.80. The number of likely N-dealkylation sites (tertiary alicyclic amines) is 1. The monoisotopic (exact) mass is 568 g/mol. The van der Waals surface area contributed by atoms with E-state index < -0.39 is 53.3 Å². The van der Waals surface area contributed by atoms with Crippen molar-refractivity contribution in [2.24, 2.45) is 5.16 Å². The molecule has 0 aliphatic carbocycles. The number of ether oxygens (including phenoxy) is 3. The van der Waals surface area contributed by atoms with E-state index in [9.17, 15) is 29.2 Å². The lowest BCUT2D eigenvalue weighted by Crippen LogP contribution is -2.71. The van der Waals surface area contributed by atoms with Crippen molar-refractivity contribution in [2.75, 3.05) is 31.2 Å². The molecule has 0 spiro atoms. The molecule has 2 fully saturated rings. The molecule has 4 rings (SSSR count). The zero-order chi connectivity index (χ0) is 27.6. The molecule has 0 bridgehead atoms. The van der Waals surface area contributed by atoms with Crippen LogP contribution < -0.4 is 11.1 Å². The summed E-state index contributed by atoms with van der Waals surface area (Å²) in [5.41, 5.74) is 5.32. The lowest BCUT2D eigenvalue weighted by Gasteiger charge is -2.49. The summed E-state index contributed by atoms with van der Waals surface area (Å²) >= 11 is 2.26. The van der Waals surface area contributed by atoms with Crippen molar-refractivity contribution in [1.29, 1.82) is 0 Å². The number of carbonyl (C=O) groups is 5. The maximum Gasteiger partial charge on any atom is 0.410 e. The molecule has 17 heteroatoms. The molecule has 15 nitrogen and oxygen atoms in total. The number of esters is 2. The molecular formula is C21H24N6O9S2. The average molecular weight is 569 g/mol. The van der Waals surface area contributed by atoms with E-state index in [-0.39, 0.29) is 28.9 Å². The van der Waals surface area contributed by atoms with Crippen LogP contribution >= 0.6 is 23.1 Å². The van der Waals surface area contributed by atoms with Crippen molar-refractivity contribution in [3.8, 4) is 0 Å². The van der Waals surface area contributed by atoms with Gasteiger partial charge in [0.15, 0.2) is 10.8 Å². The highest BCUT2D eigenvalue weighted by Crippen LogP contribution is 2.41. The fraction of sp³-hybridized carbons (Fsp3) is 0.476. The highest BCUT2D eigenvalue weighted by molar-refractivity contribution is 8.00. The predicted molar refractivity (Wildman–Crippen MR) is 132 cm³/mol. The van der Waals surface area contributed by atoms with Gasteiger partial charge in [-0.25, -0.2) is 14.6 Å². The van der Waals surface area contributed by atoms with Gasteiger partial charge in [0.25, 0.3) is 11.8 Å². The number of anilines is 1. The molecule has 3 aliphatic heterocycles. The van der Waals surface area contributed by atoms with Gasteiger partial charge in [0, 0.05) is 43.6 Å². The van der Waals surface area contributed by atoms with Gasteiger partial charge in [-0.3, -0.25) is 19.3 Å². The van der Waals surface area contributed by atoms with Crippen molar-refractivity contribution in [2.45, 2.75) is 38.0 Å². The number of hydrogen-bond donors (Lipinski definition) is 3. The van der Waals surface area contributed by atoms with Crippen LogP contribution in [-0.2, 0) is 33.4 Å². The van der Waals surface area contributed by atoms with Crippen LogP contribution in [0.1, 0.15) is 26.0 Å². The number of rotatable bonds is 8. The first kappa shape index (κ1) is 27.2. The molecule has 2 unspecified atom stereocenters. The number of nitrogens with zero attached hydrogens (tertiary/aromatic N) is 4. The number of thiazole rings is 1. The van der Waals surface area contributed by atoms with Crippen molar-refractivity contribution < 1.29 is 43.4 Å². The standard InChI is InChI=1S/C21H24N6O9S2/c1-9(28)35-10(2)36-19(31)15-11(6-34-21(32)26-4-3-5-26)7-37-18-14(17(30)27(15)18)24-16(29)13(25-33)12-8-38-20(22)23-12/h8,10,14,18,33H,3-7H2,1-2H3,(H2,22,23)(H,24,29)/b25-13+/t10?,14?,18-/m1/s1. The topological polar surface area (TPSA) is 203 Å². The molecule has 0 radical (unpaired) electrons. The third kappa shape index (κ3) is 5.52. The molecule has 1 aromatic heterocycles. The van der Waals surface area contributed by atoms with E-state index >= 15 is 0 Å². The first-order chi connectivity index (χ1) is 18.1. The lowest BCUT2D eigenvalue weighted by molar-refractivity contribution is -0.182. The second-order valence-corrected chi connectivity index (χ2v) is 10.3. The second-order valence-electron chi connectivity index (χ2n) is 8.31. The van der Waals surface area contributed by atoms with E-state index in [1.54, 1.807) is 0 Å². The van der Waals surface area contributed by atoms with Gasteiger partial charge in [-0.1, -0.05) is 5.16 Å². The third-order valence-electron chi connectivity index (χ3n) is 5.70. The summed E-state index contributed by atoms with van der Waals surface area (Å²) in [6.07, 6.45) is -0.920. The molecule has 3 atom stereocenters. The summed E-state index contributed by atoms with van der Waals surface area (Å²) in [6, 6.07) is -1.07. The maximum atomic E-state index is 13.1. The Bertz CT molecular complexity index is 1230. The zero-order valence-electron chi connectivity index (χ0n) is 20.2. The van der Waals surface area contributed by atoms with Gasteiger partial charge >= 0.3 is 18.0 Å². The summed E-state index contributed by atoms with van der Waals surface area (Å²) < 4.78 is 15.4. The SMILES string of the molecule is CC(=O)OC(C)OC(=O)C1=C(COC(=O)N2CCC2)CS[C@@H]2C(NC(=O)/C(=N/O)c3csc(N)n3)C(=O)N12. The molecule has 4 N–H and O–H groups in total. The molecular weight excluding hydrogens is 544 g/mol. The molecule has 1 aromatic rings. The number of carbonyl (C=O) groups excluding carboxylic acids is 5. The third-order valence-corrected chi connectivity index (χ3v) is 7.71. The number of fused-ring (bicyclic) bond motifs is 1. The predicted octanol–water partition coefficient (Wildman–Crippen LogP) is -0.148. The van der Waals surface area contributed by atoms with Crippen LogP contribution in [0.2, 0.25) is 0 Å². The Balaban J connectivity index is 1.51. The largest absolute Gasteiger partial charge is 0.445 e. The Morgan fingerprint density at radius 1 is 1.32 bits per heavy atom. The van der Waals surface area contributed by atoms with Gasteiger partial charge < -0.3 is 35.4 Å². The van der Waals surface area contributed by atoms with Crippen LogP contribution in [0.15, 0.2) is 21.8 Å². The van der Waals surface area contributed by atoms with Crippen LogP contribution in [-0.4, -0.2) is 98.7 Å². The molecule has 4 heterocycles. The van der Waals surface area contributed by atoms with Crippen molar-refractivity contribution in [1.82, 2.24) is 20.1 Å². The van der Waals surface area contributed by atoms with E-state index in [1.165, 1.54) is 29.0 Å². The minimum absolute atomic E-state index is 0.0300. The number of hydrogen-bond acceptors (Lipinski definition) is 14. The van der Waals surface area contributed by atoms with E-state index in [1.807, 2.05) is 0 Å². The van der Waals surface area contributed by atoms with E-state index in [0.717, 1.165) is 29.6 Å². The van der Waals surface area contributed by atoms with Crippen LogP contribution in [0.25, 0.3) is 0 Å². The molecule has 3 amide bonds. The van der Waals surface area contributed by atoms with Crippen molar-refractivity contribution >= 4 is 63.8 Å². The van der Waals surface area contributed by atoms with Crippen LogP contribution in [0.5, 0.6) is 0 Å². The molecule has 0 saturated carbocycles. The lowest BCUT2D eigenvalue weighted by atomic mass is 10.0. The minimum atomic E-state index is -1.24. The van der Waals surface area contributed by atoms with Crippen LogP contribution in [0.3, 0.4) is 0 Å². The first-order valence-corrected chi connectivity index (χ1v) is 13.2. The molecule has 38 heavy (non-hydrogen) atoms. The normalized spacial score (nSPS) is 21.5. The summed E-state index contributed by atoms with van der Waals surface area (Å²) in [6.45, 7) is 3.35. The zero-order valence-corrected chi connectivity index (χ0v) is 21.9. The summed E-state index contributed by atoms with van der Waals surface area (Å²) in [5.74, 6) is -2.99. The van der Waals surface area contributed by atoms with E-state index in [0.29, 0.717) is 18.7 Å². The first-order valence-electron chi connectivity index (χ1n) is 11.3. The molecule has 2 saturated heterocycles. The molecule has 3 aliphatic rings. The summed E-state index contributed by atoms with van der Waals surface area (Å²) in [4.78, 5) is 68.9. The van der Waals surface area contributed by atoms with Gasteiger partial charge in [-0.2, -0.15) is 0 Å². The van der Waals surface area contributed by atoms with Gasteiger partial charge in [0.2, 0.25) is 6.29 Å². The summed E-state index contributed by atoms with van der Waals surface area (Å²) in [7, 11) is 0. The minimum Gasteiger partial charge on any atom is -0.445 e. The summed E-state index contributed by atoms with van der Waals surface area (Å²) in [5, 5.41) is 15.6. The number of nitrogens with one attached hydrogen (secondary N) is 1. The Hall–Kier alpha value is -3.86. The van der Waals surface area contributed by atoms with Crippen LogP contribution in [0, 0.1) is 0 Å². The van der Waals surface area contributed by atoms with E-state index in [4.69, 9.17) is 19.9 Å². The smallest absolute Gasteiger partial charge is 0.410 e. The number of nitrogen functional groups attached to an aromatic ring is 1. The fourth-order valence-corrected chi connectivity index (χ4v) is 5.68. The van der Waals surface area contributed by atoms with Crippen molar-refractivity contribution in [3.05, 3.63) is 22.3 Å². The van der Waals surface area contributed by atoms with Gasteiger partial charge in [0.05, 0.1) is 0 Å². The highest BCUT2D eigenvalue weighted by Gasteiger charge is 2.55. The number of amides is 3. The van der Waals surface area contributed by atoms with Crippen LogP contribution in [0.4, 0.5) is 9.93 Å². The quantitative estimate of drug-likeness (QED) is 0.0936. The highest BCUT2D eigenvalue weighted by atomic mass is 32.2. The average Bonchev–Trinajstić information content (AvgIpc) is 3.24. The molecule has 204 valence electrons. The van der Waals surface area contributed by atoms with E-state index in [2.05, 4.69) is 15.5 Å². The Labute approximate surface area is 223 Å². The number of thioether (sulfide) groups is 1. The number of β-lactam (4-membered cyclic amide) rings is 1. The van der Waals surface area contributed by atoms with Gasteiger partial charge in [-0.15, -0.1) is 23.1 Å². The Morgan fingerprint density at radius 3 is 2.63 bits per heavy atom. The number of aromatic nitrogens is 1. The maximum absolute atomic E-state index is 13.1. The second kappa shape index (κ2) is 11.3.